The number of benzene rings is 1. The zero-order valence-corrected chi connectivity index (χ0v) is 21.5. The highest BCUT2D eigenvalue weighted by Gasteiger charge is 2.50. The standard InChI is InChI=1S/C25H37Cl2N3O3/c1-4-5-6-7-17(2)28-22(18(3)26)19-8-9-20(21(27)16-19)23(31)29-12-14-30(15-13-29)24(32)25(33)10-11-25/h8-9,16-18,22,28,33H,4-7,10-15H2,1-3H3. The summed E-state index contributed by atoms with van der Waals surface area (Å²) in [6.07, 6.45) is 5.74. The Morgan fingerprint density at radius 2 is 1.76 bits per heavy atom. The summed E-state index contributed by atoms with van der Waals surface area (Å²) < 4.78 is 0. The highest BCUT2D eigenvalue weighted by Crippen LogP contribution is 2.37. The minimum absolute atomic E-state index is 0.0623. The highest BCUT2D eigenvalue weighted by atomic mass is 35.5. The molecule has 3 unspecified atom stereocenters. The number of carbonyl (C=O) groups excluding carboxylic acids is 2. The maximum Gasteiger partial charge on any atom is 0.255 e. The highest BCUT2D eigenvalue weighted by molar-refractivity contribution is 6.34. The van der Waals surface area contributed by atoms with Crippen LogP contribution in [-0.2, 0) is 4.79 Å². The molecule has 0 aromatic heterocycles. The number of unbranched alkanes of at least 4 members (excludes halogenated alkanes) is 2. The molecule has 0 spiro atoms. The third-order valence-electron chi connectivity index (χ3n) is 6.72. The van der Waals surface area contributed by atoms with E-state index in [0.717, 1.165) is 12.0 Å². The van der Waals surface area contributed by atoms with Crippen molar-refractivity contribution in [3.8, 4) is 0 Å². The summed E-state index contributed by atoms with van der Waals surface area (Å²) in [4.78, 5) is 28.8. The molecule has 1 heterocycles. The lowest BCUT2D eigenvalue weighted by atomic mass is 9.99. The molecule has 2 N–H and O–H groups in total. The summed E-state index contributed by atoms with van der Waals surface area (Å²) >= 11 is 13.1. The SMILES string of the molecule is CCCCCC(C)NC(c1ccc(C(=O)N2CCN(C(=O)C3(O)CC3)CC2)c(Cl)c1)C(C)Cl. The first-order chi connectivity index (χ1) is 15.7. The first-order valence-electron chi connectivity index (χ1n) is 12.2. The normalized spacial score (nSPS) is 20.3. The topological polar surface area (TPSA) is 72.9 Å². The van der Waals surface area contributed by atoms with Gasteiger partial charge in [-0.15, -0.1) is 11.6 Å². The lowest BCUT2D eigenvalue weighted by Crippen LogP contribution is -2.53. The van der Waals surface area contributed by atoms with E-state index in [-0.39, 0.29) is 23.2 Å². The molecular weight excluding hydrogens is 461 g/mol. The number of halogens is 2. The number of hydrogen-bond donors (Lipinski definition) is 2. The van der Waals surface area contributed by atoms with Crippen molar-refractivity contribution in [3.63, 3.8) is 0 Å². The van der Waals surface area contributed by atoms with Crippen molar-refractivity contribution in [1.82, 2.24) is 15.1 Å². The molecule has 2 amide bonds. The Hall–Kier alpha value is -1.34. The van der Waals surface area contributed by atoms with Gasteiger partial charge in [-0.3, -0.25) is 9.59 Å². The van der Waals surface area contributed by atoms with Crippen LogP contribution in [-0.4, -0.2) is 69.9 Å². The number of hydrogen-bond acceptors (Lipinski definition) is 4. The van der Waals surface area contributed by atoms with Gasteiger partial charge in [-0.25, -0.2) is 0 Å². The molecule has 2 fully saturated rings. The number of piperazine rings is 1. The molecule has 1 saturated heterocycles. The van der Waals surface area contributed by atoms with Crippen LogP contribution in [0.5, 0.6) is 0 Å². The Bertz CT molecular complexity index is 836. The van der Waals surface area contributed by atoms with E-state index in [1.165, 1.54) is 19.3 Å². The van der Waals surface area contributed by atoms with E-state index in [9.17, 15) is 14.7 Å². The lowest BCUT2D eigenvalue weighted by molar-refractivity contribution is -0.143. The fraction of sp³-hybridized carbons (Fsp3) is 0.680. The van der Waals surface area contributed by atoms with Crippen molar-refractivity contribution >= 4 is 35.0 Å². The largest absolute Gasteiger partial charge is 0.380 e. The smallest absolute Gasteiger partial charge is 0.255 e. The van der Waals surface area contributed by atoms with Crippen LogP contribution >= 0.6 is 23.2 Å². The number of aliphatic hydroxyl groups is 1. The van der Waals surface area contributed by atoms with Crippen molar-refractivity contribution < 1.29 is 14.7 Å². The van der Waals surface area contributed by atoms with Crippen LogP contribution in [0.15, 0.2) is 18.2 Å². The number of rotatable bonds is 10. The Morgan fingerprint density at radius 1 is 1.12 bits per heavy atom. The summed E-state index contributed by atoms with van der Waals surface area (Å²) in [7, 11) is 0. The molecule has 33 heavy (non-hydrogen) atoms. The van der Waals surface area contributed by atoms with Crippen molar-refractivity contribution in [3.05, 3.63) is 34.3 Å². The maximum atomic E-state index is 13.1. The molecular formula is C25H37Cl2N3O3. The van der Waals surface area contributed by atoms with Crippen LogP contribution in [0, 0.1) is 0 Å². The molecule has 0 bridgehead atoms. The van der Waals surface area contributed by atoms with Crippen LogP contribution in [0.2, 0.25) is 5.02 Å². The molecule has 3 atom stereocenters. The molecule has 3 rings (SSSR count). The number of nitrogens with zero attached hydrogens (tertiary/aromatic N) is 2. The van der Waals surface area contributed by atoms with Gasteiger partial charge in [-0.05, 0) is 50.8 Å². The van der Waals surface area contributed by atoms with Crippen molar-refractivity contribution in [1.29, 1.82) is 0 Å². The van der Waals surface area contributed by atoms with E-state index in [2.05, 4.69) is 19.2 Å². The number of carbonyl (C=O) groups is 2. The summed E-state index contributed by atoms with van der Waals surface area (Å²) in [6, 6.07) is 5.81. The zero-order valence-electron chi connectivity index (χ0n) is 19.9. The van der Waals surface area contributed by atoms with E-state index >= 15 is 0 Å². The van der Waals surface area contributed by atoms with Gasteiger partial charge in [-0.1, -0.05) is 43.9 Å². The predicted molar refractivity (Wildman–Crippen MR) is 133 cm³/mol. The van der Waals surface area contributed by atoms with Crippen LogP contribution < -0.4 is 5.32 Å². The van der Waals surface area contributed by atoms with E-state index in [4.69, 9.17) is 23.2 Å². The molecule has 1 aromatic carbocycles. The van der Waals surface area contributed by atoms with Gasteiger partial charge in [0, 0.05) is 38.3 Å². The van der Waals surface area contributed by atoms with E-state index in [1.54, 1.807) is 15.9 Å². The van der Waals surface area contributed by atoms with Crippen molar-refractivity contribution in [2.24, 2.45) is 0 Å². The summed E-state index contributed by atoms with van der Waals surface area (Å²) in [6.45, 7) is 8.04. The molecule has 1 aliphatic heterocycles. The molecule has 184 valence electrons. The van der Waals surface area contributed by atoms with Gasteiger partial charge in [0.05, 0.1) is 16.0 Å². The molecule has 0 radical (unpaired) electrons. The van der Waals surface area contributed by atoms with E-state index in [0.29, 0.717) is 55.6 Å². The van der Waals surface area contributed by atoms with Gasteiger partial charge in [0.25, 0.3) is 11.8 Å². The lowest BCUT2D eigenvalue weighted by Gasteiger charge is -2.36. The molecule has 1 aromatic rings. The second-order valence-electron chi connectivity index (χ2n) is 9.57. The summed E-state index contributed by atoms with van der Waals surface area (Å²) in [5.41, 5.74) is 0.260. The van der Waals surface area contributed by atoms with E-state index < -0.39 is 5.60 Å². The van der Waals surface area contributed by atoms with Gasteiger partial charge in [-0.2, -0.15) is 0 Å². The quantitative estimate of drug-likeness (QED) is 0.371. The Labute approximate surface area is 207 Å². The number of amides is 2. The number of nitrogens with one attached hydrogen (secondary N) is 1. The second-order valence-corrected chi connectivity index (χ2v) is 10.7. The van der Waals surface area contributed by atoms with Crippen LogP contribution in [0.25, 0.3) is 0 Å². The molecule has 2 aliphatic rings. The minimum Gasteiger partial charge on any atom is -0.380 e. The van der Waals surface area contributed by atoms with Crippen molar-refractivity contribution in [2.45, 2.75) is 82.4 Å². The van der Waals surface area contributed by atoms with Gasteiger partial charge in [0.1, 0.15) is 5.60 Å². The maximum absolute atomic E-state index is 13.1. The first-order valence-corrected chi connectivity index (χ1v) is 13.0. The fourth-order valence-corrected chi connectivity index (χ4v) is 4.88. The molecule has 6 nitrogen and oxygen atoms in total. The fourth-order valence-electron chi connectivity index (χ4n) is 4.39. The van der Waals surface area contributed by atoms with Gasteiger partial charge in [0.15, 0.2) is 0 Å². The third kappa shape index (κ3) is 6.62. The molecule has 8 heteroatoms. The average molecular weight is 498 g/mol. The van der Waals surface area contributed by atoms with E-state index in [1.807, 2.05) is 19.1 Å². The zero-order chi connectivity index (χ0) is 24.2. The van der Waals surface area contributed by atoms with Gasteiger partial charge >= 0.3 is 0 Å². The predicted octanol–water partition coefficient (Wildman–Crippen LogP) is 4.38. The van der Waals surface area contributed by atoms with Gasteiger partial charge < -0.3 is 20.2 Å². The average Bonchev–Trinajstić information content (AvgIpc) is 3.55. The number of alkyl halides is 1. The van der Waals surface area contributed by atoms with Crippen molar-refractivity contribution in [2.75, 3.05) is 26.2 Å². The summed E-state index contributed by atoms with van der Waals surface area (Å²) in [5, 5.41) is 13.9. The van der Waals surface area contributed by atoms with Crippen LogP contribution in [0.3, 0.4) is 0 Å². The Morgan fingerprint density at radius 3 is 2.30 bits per heavy atom. The molecule has 1 aliphatic carbocycles. The second kappa shape index (κ2) is 11.4. The van der Waals surface area contributed by atoms with Gasteiger partial charge in [0.2, 0.25) is 0 Å². The minimum atomic E-state index is -1.16. The van der Waals surface area contributed by atoms with Crippen LogP contribution in [0.4, 0.5) is 0 Å². The Kier molecular flexibility index (Phi) is 9.07. The van der Waals surface area contributed by atoms with Crippen LogP contribution in [0.1, 0.15) is 81.3 Å². The summed E-state index contributed by atoms with van der Waals surface area (Å²) in [5.74, 6) is -0.352. The third-order valence-corrected chi connectivity index (χ3v) is 7.29. The Balaban J connectivity index is 1.61. The first kappa shape index (κ1) is 26.3. The molecule has 1 saturated carbocycles. The monoisotopic (exact) mass is 497 g/mol.